The third-order valence-corrected chi connectivity index (χ3v) is 4.47. The summed E-state index contributed by atoms with van der Waals surface area (Å²) in [4.78, 5) is 21.3. The van der Waals surface area contributed by atoms with Gasteiger partial charge < -0.3 is 10.6 Å². The molecule has 0 unspecified atom stereocenters. The molecule has 2 N–H and O–H groups in total. The summed E-state index contributed by atoms with van der Waals surface area (Å²) < 4.78 is 13.1. The first-order valence-corrected chi connectivity index (χ1v) is 9.48. The van der Waals surface area contributed by atoms with Gasteiger partial charge in [-0.2, -0.15) is 0 Å². The molecule has 0 aliphatic rings. The van der Waals surface area contributed by atoms with E-state index in [9.17, 15) is 9.18 Å². The molecular weight excluding hydrogens is 403 g/mol. The predicted molar refractivity (Wildman–Crippen MR) is 117 cm³/mol. The number of halogens is 2. The van der Waals surface area contributed by atoms with Crippen LogP contribution < -0.4 is 10.6 Å². The van der Waals surface area contributed by atoms with E-state index >= 15 is 0 Å². The van der Waals surface area contributed by atoms with Crippen LogP contribution in [0.3, 0.4) is 0 Å². The number of hydrogen-bond acceptors (Lipinski definition) is 4. The van der Waals surface area contributed by atoms with Crippen molar-refractivity contribution in [2.24, 2.45) is 0 Å². The van der Waals surface area contributed by atoms with Gasteiger partial charge in [0.2, 0.25) is 0 Å². The van der Waals surface area contributed by atoms with E-state index < -0.39 is 0 Å². The number of aromatic nitrogens is 2. The van der Waals surface area contributed by atoms with Crippen LogP contribution in [0.25, 0.3) is 11.4 Å². The van der Waals surface area contributed by atoms with Gasteiger partial charge >= 0.3 is 0 Å². The molecule has 3 aromatic carbocycles. The fourth-order valence-corrected chi connectivity index (χ4v) is 3.01. The van der Waals surface area contributed by atoms with Gasteiger partial charge in [0.05, 0.1) is 0 Å². The zero-order valence-electron chi connectivity index (χ0n) is 15.6. The van der Waals surface area contributed by atoms with Crippen LogP contribution in [-0.4, -0.2) is 15.9 Å². The topological polar surface area (TPSA) is 66.9 Å². The highest BCUT2D eigenvalue weighted by Crippen LogP contribution is 2.21. The van der Waals surface area contributed by atoms with E-state index in [1.807, 2.05) is 6.07 Å². The van der Waals surface area contributed by atoms with Crippen molar-refractivity contribution in [2.45, 2.75) is 0 Å². The van der Waals surface area contributed by atoms with Crippen LogP contribution in [0.15, 0.2) is 85.1 Å². The number of anilines is 3. The lowest BCUT2D eigenvalue weighted by Crippen LogP contribution is -2.12. The Morgan fingerprint density at radius 1 is 0.900 bits per heavy atom. The van der Waals surface area contributed by atoms with Gasteiger partial charge in [-0.3, -0.25) is 4.79 Å². The molecule has 0 radical (unpaired) electrons. The molecule has 4 rings (SSSR count). The molecule has 0 aliphatic carbocycles. The molecule has 1 heterocycles. The van der Waals surface area contributed by atoms with Gasteiger partial charge in [0, 0.05) is 33.7 Å². The molecule has 0 bridgehead atoms. The Bertz CT molecular complexity index is 1200. The SMILES string of the molecule is O=C(Nc1cccc(Cl)c1)c1cccc(Nc2ccnc(-c3ccc(F)cc3)n2)c1. The molecule has 30 heavy (non-hydrogen) atoms. The summed E-state index contributed by atoms with van der Waals surface area (Å²) in [5.74, 6) is 0.447. The van der Waals surface area contributed by atoms with Gasteiger partial charge in [-0.1, -0.05) is 23.7 Å². The van der Waals surface area contributed by atoms with E-state index in [0.29, 0.717) is 39.2 Å². The maximum Gasteiger partial charge on any atom is 0.255 e. The molecule has 1 aromatic heterocycles. The van der Waals surface area contributed by atoms with Crippen LogP contribution in [0.5, 0.6) is 0 Å². The lowest BCUT2D eigenvalue weighted by Gasteiger charge is -2.10. The second-order valence-corrected chi connectivity index (χ2v) is 6.88. The molecular formula is C23H16ClFN4O. The summed E-state index contributed by atoms with van der Waals surface area (Å²) in [6, 6.07) is 21.7. The van der Waals surface area contributed by atoms with E-state index in [-0.39, 0.29) is 11.7 Å². The van der Waals surface area contributed by atoms with Crippen molar-refractivity contribution in [3.8, 4) is 11.4 Å². The van der Waals surface area contributed by atoms with Gasteiger partial charge in [-0.25, -0.2) is 14.4 Å². The lowest BCUT2D eigenvalue weighted by atomic mass is 10.1. The highest BCUT2D eigenvalue weighted by Gasteiger charge is 2.09. The van der Waals surface area contributed by atoms with E-state index in [4.69, 9.17) is 11.6 Å². The Kier molecular flexibility index (Phi) is 5.68. The highest BCUT2D eigenvalue weighted by molar-refractivity contribution is 6.31. The summed E-state index contributed by atoms with van der Waals surface area (Å²) in [6.07, 6.45) is 1.61. The van der Waals surface area contributed by atoms with Crippen molar-refractivity contribution in [3.63, 3.8) is 0 Å². The van der Waals surface area contributed by atoms with Crippen molar-refractivity contribution < 1.29 is 9.18 Å². The molecule has 0 spiro atoms. The number of hydrogen-bond donors (Lipinski definition) is 2. The van der Waals surface area contributed by atoms with Crippen LogP contribution in [0.1, 0.15) is 10.4 Å². The lowest BCUT2D eigenvalue weighted by molar-refractivity contribution is 0.102. The van der Waals surface area contributed by atoms with Crippen molar-refractivity contribution in [3.05, 3.63) is 101 Å². The molecule has 0 fully saturated rings. The number of nitrogens with one attached hydrogen (secondary N) is 2. The van der Waals surface area contributed by atoms with Gasteiger partial charge in [0.25, 0.3) is 5.91 Å². The number of amides is 1. The molecule has 0 atom stereocenters. The molecule has 0 saturated carbocycles. The fraction of sp³-hybridized carbons (Fsp3) is 0. The normalized spacial score (nSPS) is 10.5. The Morgan fingerprint density at radius 3 is 2.47 bits per heavy atom. The van der Waals surface area contributed by atoms with E-state index in [1.165, 1.54) is 12.1 Å². The summed E-state index contributed by atoms with van der Waals surface area (Å²) in [5, 5.41) is 6.53. The molecule has 0 aliphatic heterocycles. The van der Waals surface area contributed by atoms with Crippen LogP contribution >= 0.6 is 11.6 Å². The second kappa shape index (κ2) is 8.71. The summed E-state index contributed by atoms with van der Waals surface area (Å²) in [7, 11) is 0. The quantitative estimate of drug-likeness (QED) is 0.421. The number of carbonyl (C=O) groups is 1. The van der Waals surface area contributed by atoms with Crippen LogP contribution in [0.2, 0.25) is 5.02 Å². The Morgan fingerprint density at radius 2 is 1.67 bits per heavy atom. The minimum absolute atomic E-state index is 0.254. The number of carbonyl (C=O) groups excluding carboxylic acids is 1. The van der Waals surface area contributed by atoms with Crippen molar-refractivity contribution in [1.29, 1.82) is 0 Å². The monoisotopic (exact) mass is 418 g/mol. The first-order valence-electron chi connectivity index (χ1n) is 9.10. The summed E-state index contributed by atoms with van der Waals surface area (Å²) in [5.41, 5.74) is 2.49. The van der Waals surface area contributed by atoms with Gasteiger partial charge in [0.15, 0.2) is 5.82 Å². The first kappa shape index (κ1) is 19.5. The van der Waals surface area contributed by atoms with Crippen molar-refractivity contribution in [2.75, 3.05) is 10.6 Å². The Balaban J connectivity index is 1.51. The van der Waals surface area contributed by atoms with Gasteiger partial charge in [-0.15, -0.1) is 0 Å². The minimum Gasteiger partial charge on any atom is -0.340 e. The zero-order chi connectivity index (χ0) is 20.9. The summed E-state index contributed by atoms with van der Waals surface area (Å²) in [6.45, 7) is 0. The smallest absolute Gasteiger partial charge is 0.255 e. The minimum atomic E-state index is -0.319. The van der Waals surface area contributed by atoms with Crippen molar-refractivity contribution >= 4 is 34.7 Å². The Hall–Kier alpha value is -3.77. The number of nitrogens with zero attached hydrogens (tertiary/aromatic N) is 2. The third-order valence-electron chi connectivity index (χ3n) is 4.24. The number of benzene rings is 3. The van der Waals surface area contributed by atoms with E-state index in [2.05, 4.69) is 20.6 Å². The second-order valence-electron chi connectivity index (χ2n) is 6.44. The van der Waals surface area contributed by atoms with Gasteiger partial charge in [-0.05, 0) is 66.7 Å². The average molecular weight is 419 g/mol. The maximum absolute atomic E-state index is 13.1. The number of rotatable bonds is 5. The van der Waals surface area contributed by atoms with Crippen molar-refractivity contribution in [1.82, 2.24) is 9.97 Å². The van der Waals surface area contributed by atoms with Crippen LogP contribution in [0.4, 0.5) is 21.6 Å². The fourth-order valence-electron chi connectivity index (χ4n) is 2.82. The molecule has 0 saturated heterocycles. The first-order chi connectivity index (χ1) is 14.6. The molecule has 148 valence electrons. The van der Waals surface area contributed by atoms with Crippen LogP contribution in [0, 0.1) is 5.82 Å². The highest BCUT2D eigenvalue weighted by atomic mass is 35.5. The molecule has 5 nitrogen and oxygen atoms in total. The predicted octanol–water partition coefficient (Wildman–Crippen LogP) is 5.93. The average Bonchev–Trinajstić information content (AvgIpc) is 2.75. The zero-order valence-corrected chi connectivity index (χ0v) is 16.4. The van der Waals surface area contributed by atoms with E-state index in [0.717, 1.165) is 0 Å². The largest absolute Gasteiger partial charge is 0.340 e. The Labute approximate surface area is 177 Å². The third kappa shape index (κ3) is 4.79. The summed E-state index contributed by atoms with van der Waals surface area (Å²) >= 11 is 5.96. The van der Waals surface area contributed by atoms with Gasteiger partial charge in [0.1, 0.15) is 11.6 Å². The standard InChI is InChI=1S/C23H16ClFN4O/c24-17-4-2-6-20(14-17)28-23(30)16-3-1-5-19(13-16)27-21-11-12-26-22(29-21)15-7-9-18(25)10-8-15/h1-14H,(H,28,30)(H,26,27,29). The van der Waals surface area contributed by atoms with Crippen LogP contribution in [-0.2, 0) is 0 Å². The molecule has 1 amide bonds. The molecule has 4 aromatic rings. The molecule has 7 heteroatoms. The maximum atomic E-state index is 13.1. The van der Waals surface area contributed by atoms with E-state index in [1.54, 1.807) is 66.9 Å².